The summed E-state index contributed by atoms with van der Waals surface area (Å²) in [6.45, 7) is 2.55. The quantitative estimate of drug-likeness (QED) is 0.560. The summed E-state index contributed by atoms with van der Waals surface area (Å²) in [6, 6.07) is 5.02. The van der Waals surface area contributed by atoms with Crippen molar-refractivity contribution in [3.63, 3.8) is 0 Å². The number of thioether (sulfide) groups is 1. The molecule has 1 aromatic carbocycles. The fourth-order valence-electron chi connectivity index (χ4n) is 3.63. The summed E-state index contributed by atoms with van der Waals surface area (Å²) < 4.78 is 0. The summed E-state index contributed by atoms with van der Waals surface area (Å²) in [5.41, 5.74) is -0.666. The van der Waals surface area contributed by atoms with E-state index in [0.717, 1.165) is 37.0 Å². The number of rotatable bonds is 5. The zero-order chi connectivity index (χ0) is 18.0. The van der Waals surface area contributed by atoms with Crippen LogP contribution in [0.25, 0.3) is 0 Å². The number of imide groups is 1. The first-order valence-electron chi connectivity index (χ1n) is 8.67. The molecule has 2 fully saturated rings. The molecule has 1 N–H and O–H groups in total. The highest BCUT2D eigenvalue weighted by Gasteiger charge is 2.51. The summed E-state index contributed by atoms with van der Waals surface area (Å²) in [4.78, 5) is 27.4. The van der Waals surface area contributed by atoms with Crippen molar-refractivity contribution < 1.29 is 9.59 Å². The summed E-state index contributed by atoms with van der Waals surface area (Å²) in [5, 5.41) is 4.21. The third-order valence-electron chi connectivity index (χ3n) is 5.25. The Bertz CT molecular complexity index is 675. The van der Waals surface area contributed by atoms with E-state index < -0.39 is 5.54 Å². The molecule has 1 saturated carbocycles. The maximum atomic E-state index is 12.8. The van der Waals surface area contributed by atoms with Crippen LogP contribution in [0.5, 0.6) is 0 Å². The Morgan fingerprint density at radius 2 is 2.00 bits per heavy atom. The Morgan fingerprint density at radius 3 is 2.68 bits per heavy atom. The topological polar surface area (TPSA) is 49.4 Å². The van der Waals surface area contributed by atoms with Gasteiger partial charge in [-0.3, -0.25) is 9.69 Å². The predicted molar refractivity (Wildman–Crippen MR) is 102 cm³/mol. The van der Waals surface area contributed by atoms with E-state index in [1.54, 1.807) is 18.2 Å². The van der Waals surface area contributed by atoms with E-state index >= 15 is 0 Å². The van der Waals surface area contributed by atoms with Crippen molar-refractivity contribution in [2.24, 2.45) is 5.92 Å². The van der Waals surface area contributed by atoms with Crippen LogP contribution in [0, 0.1) is 5.92 Å². The van der Waals surface area contributed by atoms with E-state index in [9.17, 15) is 9.59 Å². The largest absolute Gasteiger partial charge is 0.325 e. The Labute approximate surface area is 162 Å². The van der Waals surface area contributed by atoms with Gasteiger partial charge < -0.3 is 5.32 Å². The molecule has 0 radical (unpaired) electrons. The van der Waals surface area contributed by atoms with Gasteiger partial charge in [0.25, 0.3) is 5.91 Å². The van der Waals surface area contributed by atoms with E-state index in [4.69, 9.17) is 23.2 Å². The van der Waals surface area contributed by atoms with Crippen molar-refractivity contribution in [3.8, 4) is 0 Å². The summed E-state index contributed by atoms with van der Waals surface area (Å²) in [7, 11) is 0. The highest BCUT2D eigenvalue weighted by Crippen LogP contribution is 2.38. The van der Waals surface area contributed by atoms with Gasteiger partial charge in [-0.05, 0) is 49.8 Å². The molecule has 0 bridgehead atoms. The first kappa shape index (κ1) is 18.9. The Balaban J connectivity index is 1.59. The number of amides is 3. The summed E-state index contributed by atoms with van der Waals surface area (Å²) in [5.74, 6) is 1.20. The number of nitrogens with one attached hydrogen (secondary N) is 1. The molecule has 0 atom stereocenters. The minimum atomic E-state index is -0.666. The number of urea groups is 1. The molecule has 25 heavy (non-hydrogen) atoms. The van der Waals surface area contributed by atoms with Gasteiger partial charge in [0.05, 0.1) is 5.02 Å². The molecule has 3 amide bonds. The second-order valence-electron chi connectivity index (χ2n) is 6.74. The van der Waals surface area contributed by atoms with Crippen molar-refractivity contribution in [1.82, 2.24) is 10.2 Å². The fraction of sp³-hybridized carbons (Fsp3) is 0.556. The lowest BCUT2D eigenvalue weighted by Crippen LogP contribution is -2.49. The van der Waals surface area contributed by atoms with Crippen LogP contribution in [0.4, 0.5) is 4.79 Å². The lowest BCUT2D eigenvalue weighted by Gasteiger charge is -2.34. The number of carbonyl (C=O) groups excluding carboxylic acids is 2. The molecule has 3 rings (SSSR count). The van der Waals surface area contributed by atoms with Crippen LogP contribution in [0.15, 0.2) is 23.1 Å². The number of hydrogen-bond acceptors (Lipinski definition) is 3. The zero-order valence-corrected chi connectivity index (χ0v) is 16.5. The normalized spacial score (nSPS) is 26.4. The van der Waals surface area contributed by atoms with Crippen molar-refractivity contribution >= 4 is 46.9 Å². The monoisotopic (exact) mass is 400 g/mol. The number of carbonyl (C=O) groups is 2. The molecule has 4 nitrogen and oxygen atoms in total. The molecule has 1 spiro atoms. The van der Waals surface area contributed by atoms with Crippen molar-refractivity contribution in [1.29, 1.82) is 0 Å². The molecular formula is C18H22Cl2N2O2S. The highest BCUT2D eigenvalue weighted by molar-refractivity contribution is 7.99. The van der Waals surface area contributed by atoms with Crippen LogP contribution in [0.3, 0.4) is 0 Å². The Morgan fingerprint density at radius 1 is 1.28 bits per heavy atom. The number of nitrogens with zero attached hydrogens (tertiary/aromatic N) is 1. The van der Waals surface area contributed by atoms with Crippen molar-refractivity contribution in [2.75, 3.05) is 12.3 Å². The van der Waals surface area contributed by atoms with Gasteiger partial charge in [0.1, 0.15) is 5.54 Å². The van der Waals surface area contributed by atoms with Crippen LogP contribution >= 0.6 is 35.0 Å². The second-order valence-corrected chi connectivity index (χ2v) is 8.72. The standard InChI is InChI=1S/C18H22Cl2N2O2S/c1-2-12-5-7-18(8-6-12)16(23)22(17(24)21-18)9-10-25-15-11-13(19)3-4-14(15)20/h3-4,11-12H,2,5-10H2,1H3,(H,21,24). The van der Waals surface area contributed by atoms with Crippen LogP contribution < -0.4 is 5.32 Å². The molecule has 1 aliphatic carbocycles. The van der Waals surface area contributed by atoms with E-state index in [1.165, 1.54) is 16.7 Å². The van der Waals surface area contributed by atoms with Gasteiger partial charge in [0.15, 0.2) is 0 Å². The fourth-order valence-corrected chi connectivity index (χ4v) is 5.06. The molecule has 136 valence electrons. The van der Waals surface area contributed by atoms with E-state index in [0.29, 0.717) is 28.3 Å². The second kappa shape index (κ2) is 7.77. The average molecular weight is 401 g/mol. The van der Waals surface area contributed by atoms with E-state index in [-0.39, 0.29) is 11.9 Å². The molecular weight excluding hydrogens is 379 g/mol. The molecule has 0 unspecified atom stereocenters. The molecule has 1 saturated heterocycles. The van der Waals surface area contributed by atoms with Gasteiger partial charge in [0.2, 0.25) is 0 Å². The third kappa shape index (κ3) is 3.93. The molecule has 1 aliphatic heterocycles. The highest BCUT2D eigenvalue weighted by atomic mass is 35.5. The minimum absolute atomic E-state index is 0.0650. The number of halogens is 2. The molecule has 7 heteroatoms. The average Bonchev–Trinajstić information content (AvgIpc) is 2.83. The van der Waals surface area contributed by atoms with Gasteiger partial charge in [-0.1, -0.05) is 36.5 Å². The molecule has 0 aromatic heterocycles. The van der Waals surface area contributed by atoms with Crippen LogP contribution in [-0.2, 0) is 4.79 Å². The number of hydrogen-bond donors (Lipinski definition) is 1. The maximum absolute atomic E-state index is 12.8. The maximum Gasteiger partial charge on any atom is 0.325 e. The van der Waals surface area contributed by atoms with Gasteiger partial charge in [0, 0.05) is 22.2 Å². The smallest absolute Gasteiger partial charge is 0.323 e. The van der Waals surface area contributed by atoms with Crippen molar-refractivity contribution in [2.45, 2.75) is 49.5 Å². The van der Waals surface area contributed by atoms with Gasteiger partial charge >= 0.3 is 6.03 Å². The van der Waals surface area contributed by atoms with Crippen LogP contribution in [0.1, 0.15) is 39.0 Å². The lowest BCUT2D eigenvalue weighted by atomic mass is 9.75. The summed E-state index contributed by atoms with van der Waals surface area (Å²) >= 11 is 13.6. The molecule has 1 heterocycles. The predicted octanol–water partition coefficient (Wildman–Crippen LogP) is 4.98. The van der Waals surface area contributed by atoms with E-state index in [1.807, 2.05) is 0 Å². The summed E-state index contributed by atoms with van der Waals surface area (Å²) in [6.07, 6.45) is 4.64. The van der Waals surface area contributed by atoms with Crippen LogP contribution in [0.2, 0.25) is 10.0 Å². The van der Waals surface area contributed by atoms with Gasteiger partial charge in [-0.15, -0.1) is 11.8 Å². The van der Waals surface area contributed by atoms with Gasteiger partial charge in [-0.25, -0.2) is 4.79 Å². The first-order valence-corrected chi connectivity index (χ1v) is 10.4. The Hall–Kier alpha value is -0.910. The molecule has 2 aliphatic rings. The lowest BCUT2D eigenvalue weighted by molar-refractivity contribution is -0.132. The zero-order valence-electron chi connectivity index (χ0n) is 14.2. The SMILES string of the molecule is CCC1CCC2(CC1)NC(=O)N(CCSc1cc(Cl)ccc1Cl)C2=O. The van der Waals surface area contributed by atoms with Gasteiger partial charge in [-0.2, -0.15) is 0 Å². The first-order chi connectivity index (χ1) is 11.9. The van der Waals surface area contributed by atoms with E-state index in [2.05, 4.69) is 12.2 Å². The van der Waals surface area contributed by atoms with Crippen molar-refractivity contribution in [3.05, 3.63) is 28.2 Å². The molecule has 1 aromatic rings. The number of benzene rings is 1. The minimum Gasteiger partial charge on any atom is -0.323 e. The Kier molecular flexibility index (Phi) is 5.86. The van der Waals surface area contributed by atoms with Crippen LogP contribution in [-0.4, -0.2) is 34.7 Å². The third-order valence-corrected chi connectivity index (χ3v) is 6.96.